The first kappa shape index (κ1) is 14.9. The van der Waals surface area contributed by atoms with Crippen LogP contribution in [0.2, 0.25) is 0 Å². The van der Waals surface area contributed by atoms with Gasteiger partial charge in [0.2, 0.25) is 5.82 Å². The molecule has 1 aromatic carbocycles. The maximum Gasteiger partial charge on any atom is 0.200 e. The summed E-state index contributed by atoms with van der Waals surface area (Å²) in [6.07, 6.45) is 0.131. The minimum Gasteiger partial charge on any atom is -0.313 e. The van der Waals surface area contributed by atoms with E-state index in [4.69, 9.17) is 0 Å². The predicted molar refractivity (Wildman–Crippen MR) is 66.1 cm³/mol. The highest BCUT2D eigenvalue weighted by molar-refractivity contribution is 7.09. The molecule has 2 aromatic rings. The van der Waals surface area contributed by atoms with Crippen molar-refractivity contribution in [2.75, 3.05) is 7.05 Å². The standard InChI is InChI=1S/C13H10F5NS/c1-19-7(5-6-3-2-4-20-6)8-9(14)11(16)13(18)12(17)10(8)15/h2-4,7,19H,5H2,1H3. The fourth-order valence-electron chi connectivity index (χ4n) is 1.91. The van der Waals surface area contributed by atoms with Gasteiger partial charge in [-0.2, -0.15) is 0 Å². The molecule has 2 rings (SSSR count). The topological polar surface area (TPSA) is 12.0 Å². The average molecular weight is 307 g/mol. The summed E-state index contributed by atoms with van der Waals surface area (Å²) in [5.41, 5.74) is -0.836. The van der Waals surface area contributed by atoms with Crippen LogP contribution in [0.3, 0.4) is 0 Å². The van der Waals surface area contributed by atoms with Crippen LogP contribution in [0.15, 0.2) is 17.5 Å². The molecule has 0 aliphatic rings. The Morgan fingerprint density at radius 1 is 1.00 bits per heavy atom. The summed E-state index contributed by atoms with van der Waals surface area (Å²) in [7, 11) is 1.40. The molecule has 0 radical (unpaired) electrons. The molecule has 0 aliphatic heterocycles. The Hall–Kier alpha value is -1.47. The Bertz CT molecular complexity index is 583. The van der Waals surface area contributed by atoms with Crippen molar-refractivity contribution in [2.45, 2.75) is 12.5 Å². The lowest BCUT2D eigenvalue weighted by Gasteiger charge is -2.18. The van der Waals surface area contributed by atoms with E-state index in [9.17, 15) is 22.0 Å². The van der Waals surface area contributed by atoms with E-state index in [-0.39, 0.29) is 6.42 Å². The third kappa shape index (κ3) is 2.55. The smallest absolute Gasteiger partial charge is 0.200 e. The number of likely N-dealkylation sites (N-methyl/N-ethyl adjacent to an activating group) is 1. The summed E-state index contributed by atoms with van der Waals surface area (Å²) < 4.78 is 66.8. The number of hydrogen-bond donors (Lipinski definition) is 1. The van der Waals surface area contributed by atoms with Crippen molar-refractivity contribution in [3.8, 4) is 0 Å². The Morgan fingerprint density at radius 2 is 1.55 bits per heavy atom. The van der Waals surface area contributed by atoms with E-state index in [1.807, 2.05) is 0 Å². The largest absolute Gasteiger partial charge is 0.313 e. The second-order valence-electron chi connectivity index (χ2n) is 4.11. The van der Waals surface area contributed by atoms with Gasteiger partial charge in [0.25, 0.3) is 0 Å². The molecule has 1 unspecified atom stereocenters. The molecular formula is C13H10F5NS. The van der Waals surface area contributed by atoms with E-state index < -0.39 is 40.7 Å². The van der Waals surface area contributed by atoms with Crippen LogP contribution in [0.5, 0.6) is 0 Å². The van der Waals surface area contributed by atoms with Gasteiger partial charge < -0.3 is 5.32 Å². The molecule has 20 heavy (non-hydrogen) atoms. The van der Waals surface area contributed by atoms with Crippen molar-refractivity contribution in [1.82, 2.24) is 5.32 Å². The quantitative estimate of drug-likeness (QED) is 0.512. The molecule has 0 aliphatic carbocycles. The minimum atomic E-state index is -2.14. The molecule has 1 heterocycles. The molecule has 1 aromatic heterocycles. The third-order valence-electron chi connectivity index (χ3n) is 2.93. The lowest BCUT2D eigenvalue weighted by atomic mass is 10.0. The highest BCUT2D eigenvalue weighted by Crippen LogP contribution is 2.30. The monoisotopic (exact) mass is 307 g/mol. The fraction of sp³-hybridized carbons (Fsp3) is 0.231. The summed E-state index contributed by atoms with van der Waals surface area (Å²) in [6.45, 7) is 0. The summed E-state index contributed by atoms with van der Waals surface area (Å²) in [4.78, 5) is 0.772. The molecular weight excluding hydrogens is 297 g/mol. The SMILES string of the molecule is CNC(Cc1cccs1)c1c(F)c(F)c(F)c(F)c1F. The number of benzene rings is 1. The second kappa shape index (κ2) is 5.88. The lowest BCUT2D eigenvalue weighted by Crippen LogP contribution is -2.23. The number of hydrogen-bond acceptors (Lipinski definition) is 2. The van der Waals surface area contributed by atoms with Crippen molar-refractivity contribution >= 4 is 11.3 Å². The maximum atomic E-state index is 13.7. The zero-order valence-electron chi connectivity index (χ0n) is 10.3. The number of nitrogens with one attached hydrogen (secondary N) is 1. The van der Waals surface area contributed by atoms with Crippen LogP contribution in [0.25, 0.3) is 0 Å². The van der Waals surface area contributed by atoms with E-state index in [2.05, 4.69) is 5.32 Å². The summed E-state index contributed by atoms with van der Waals surface area (Å²) in [5.74, 6) is -9.58. The van der Waals surface area contributed by atoms with Crippen LogP contribution in [0.4, 0.5) is 22.0 Å². The van der Waals surface area contributed by atoms with Crippen molar-refractivity contribution in [1.29, 1.82) is 0 Å². The van der Waals surface area contributed by atoms with Crippen molar-refractivity contribution in [3.05, 3.63) is 57.0 Å². The molecule has 0 amide bonds. The Balaban J connectivity index is 2.49. The highest BCUT2D eigenvalue weighted by atomic mass is 32.1. The molecule has 1 N–H and O–H groups in total. The van der Waals surface area contributed by atoms with Crippen molar-refractivity contribution in [3.63, 3.8) is 0 Å². The second-order valence-corrected chi connectivity index (χ2v) is 5.14. The van der Waals surface area contributed by atoms with E-state index in [0.29, 0.717) is 0 Å². The molecule has 0 spiro atoms. The third-order valence-corrected chi connectivity index (χ3v) is 3.82. The van der Waals surface area contributed by atoms with E-state index in [1.165, 1.54) is 18.4 Å². The summed E-state index contributed by atoms with van der Waals surface area (Å²) in [5, 5.41) is 4.35. The van der Waals surface area contributed by atoms with Crippen LogP contribution in [0.1, 0.15) is 16.5 Å². The van der Waals surface area contributed by atoms with Crippen LogP contribution >= 0.6 is 11.3 Å². The van der Waals surface area contributed by atoms with Gasteiger partial charge in [-0.1, -0.05) is 6.07 Å². The van der Waals surface area contributed by atoms with Gasteiger partial charge in [-0.05, 0) is 18.5 Å². The van der Waals surface area contributed by atoms with Gasteiger partial charge in [-0.15, -0.1) is 11.3 Å². The molecule has 7 heteroatoms. The summed E-state index contributed by atoms with van der Waals surface area (Å²) in [6, 6.07) is 2.46. The van der Waals surface area contributed by atoms with Crippen molar-refractivity contribution in [2.24, 2.45) is 0 Å². The van der Waals surface area contributed by atoms with Crippen LogP contribution in [0, 0.1) is 29.1 Å². The first-order chi connectivity index (χ1) is 9.47. The minimum absolute atomic E-state index is 0.131. The zero-order chi connectivity index (χ0) is 14.9. The molecule has 1 atom stereocenters. The fourth-order valence-corrected chi connectivity index (χ4v) is 2.66. The normalized spacial score (nSPS) is 12.7. The van der Waals surface area contributed by atoms with E-state index in [0.717, 1.165) is 4.88 Å². The van der Waals surface area contributed by atoms with Gasteiger partial charge in [-0.3, -0.25) is 0 Å². The van der Waals surface area contributed by atoms with Crippen LogP contribution in [-0.4, -0.2) is 7.05 Å². The number of rotatable bonds is 4. The van der Waals surface area contributed by atoms with Gasteiger partial charge in [0, 0.05) is 22.9 Å². The molecule has 0 saturated carbocycles. The predicted octanol–water partition coefficient (Wildman–Crippen LogP) is 3.95. The van der Waals surface area contributed by atoms with Gasteiger partial charge in [-0.25, -0.2) is 22.0 Å². The highest BCUT2D eigenvalue weighted by Gasteiger charge is 2.29. The molecule has 0 saturated heterocycles. The van der Waals surface area contributed by atoms with E-state index >= 15 is 0 Å². The molecule has 1 nitrogen and oxygen atoms in total. The first-order valence-electron chi connectivity index (χ1n) is 5.68. The Labute approximate surface area is 116 Å². The van der Waals surface area contributed by atoms with Crippen LogP contribution in [-0.2, 0) is 6.42 Å². The first-order valence-corrected chi connectivity index (χ1v) is 6.56. The Kier molecular flexibility index (Phi) is 4.39. The Morgan fingerprint density at radius 3 is 2.00 bits per heavy atom. The molecule has 0 bridgehead atoms. The lowest BCUT2D eigenvalue weighted by molar-refractivity contribution is 0.358. The summed E-state index contributed by atoms with van der Waals surface area (Å²) >= 11 is 1.34. The average Bonchev–Trinajstić information content (AvgIpc) is 2.95. The zero-order valence-corrected chi connectivity index (χ0v) is 11.1. The number of thiophene rings is 1. The van der Waals surface area contributed by atoms with Gasteiger partial charge in [0.05, 0.1) is 0 Å². The van der Waals surface area contributed by atoms with Crippen molar-refractivity contribution < 1.29 is 22.0 Å². The number of halogens is 5. The van der Waals surface area contributed by atoms with E-state index in [1.54, 1.807) is 17.5 Å². The molecule has 108 valence electrons. The maximum absolute atomic E-state index is 13.7. The molecule has 0 fully saturated rings. The van der Waals surface area contributed by atoms with Crippen LogP contribution < -0.4 is 5.32 Å². The van der Waals surface area contributed by atoms with Gasteiger partial charge >= 0.3 is 0 Å². The van der Waals surface area contributed by atoms with Gasteiger partial charge in [0.1, 0.15) is 0 Å². The van der Waals surface area contributed by atoms with Gasteiger partial charge in [0.15, 0.2) is 23.3 Å².